The van der Waals surface area contributed by atoms with Crippen molar-refractivity contribution in [2.45, 2.75) is 38.1 Å². The van der Waals surface area contributed by atoms with Crippen molar-refractivity contribution in [3.05, 3.63) is 28.7 Å². The molecule has 1 fully saturated rings. The summed E-state index contributed by atoms with van der Waals surface area (Å²) in [6.07, 6.45) is 5.43. The molecule has 0 aromatic heterocycles. The van der Waals surface area contributed by atoms with E-state index < -0.39 is 0 Å². The molecule has 0 aliphatic heterocycles. The Balaban J connectivity index is 1.86. The highest BCUT2D eigenvalue weighted by Crippen LogP contribution is 2.24. The number of halogens is 1. The van der Waals surface area contributed by atoms with Crippen molar-refractivity contribution in [1.29, 1.82) is 0 Å². The monoisotopic (exact) mass is 297 g/mol. The topological polar surface area (TPSA) is 38.3 Å². The average Bonchev–Trinajstić information content (AvgIpc) is 2.33. The van der Waals surface area contributed by atoms with Crippen LogP contribution in [-0.2, 0) is 0 Å². The Morgan fingerprint density at radius 3 is 2.65 bits per heavy atom. The van der Waals surface area contributed by atoms with Crippen molar-refractivity contribution in [1.82, 2.24) is 5.32 Å². The SMILES string of the molecule is O=C(NC1CCCCC1)Oc1ccccc1Br. The number of ether oxygens (including phenoxy) is 1. The van der Waals surface area contributed by atoms with E-state index in [9.17, 15) is 4.79 Å². The highest BCUT2D eigenvalue weighted by molar-refractivity contribution is 9.10. The Bertz CT molecular complexity index is 389. The second-order valence-corrected chi connectivity index (χ2v) is 5.15. The molecule has 0 heterocycles. The minimum absolute atomic E-state index is 0.277. The van der Waals surface area contributed by atoms with Crippen LogP contribution in [0.3, 0.4) is 0 Å². The molecule has 0 radical (unpaired) electrons. The third-order valence-electron chi connectivity index (χ3n) is 2.97. The molecule has 1 aromatic carbocycles. The number of rotatable bonds is 2. The van der Waals surface area contributed by atoms with E-state index in [4.69, 9.17) is 4.74 Å². The van der Waals surface area contributed by atoms with Crippen molar-refractivity contribution in [3.8, 4) is 5.75 Å². The molecule has 4 heteroatoms. The summed E-state index contributed by atoms with van der Waals surface area (Å²) in [5.74, 6) is 0.556. The fourth-order valence-electron chi connectivity index (χ4n) is 2.07. The summed E-state index contributed by atoms with van der Waals surface area (Å²) >= 11 is 3.34. The molecule has 92 valence electrons. The van der Waals surface area contributed by atoms with Gasteiger partial charge in [-0.05, 0) is 40.9 Å². The van der Waals surface area contributed by atoms with E-state index in [1.54, 1.807) is 6.07 Å². The van der Waals surface area contributed by atoms with Gasteiger partial charge in [-0.15, -0.1) is 0 Å². The smallest absolute Gasteiger partial charge is 0.409 e. The van der Waals surface area contributed by atoms with E-state index in [1.165, 1.54) is 19.3 Å². The third-order valence-corrected chi connectivity index (χ3v) is 3.62. The maximum atomic E-state index is 11.7. The first-order valence-corrected chi connectivity index (χ1v) is 6.78. The summed E-state index contributed by atoms with van der Waals surface area (Å²) in [7, 11) is 0. The normalized spacial score (nSPS) is 16.5. The van der Waals surface area contributed by atoms with Crippen molar-refractivity contribution >= 4 is 22.0 Å². The van der Waals surface area contributed by atoms with Crippen molar-refractivity contribution in [2.75, 3.05) is 0 Å². The Labute approximate surface area is 110 Å². The predicted molar refractivity (Wildman–Crippen MR) is 70.2 cm³/mol. The molecule has 1 aliphatic carbocycles. The first-order valence-electron chi connectivity index (χ1n) is 5.98. The number of carbonyl (C=O) groups excluding carboxylic acids is 1. The van der Waals surface area contributed by atoms with Gasteiger partial charge in [0.25, 0.3) is 0 Å². The zero-order valence-electron chi connectivity index (χ0n) is 9.62. The number of carbonyl (C=O) groups is 1. The van der Waals surface area contributed by atoms with Gasteiger partial charge in [0.2, 0.25) is 0 Å². The molecule has 1 aliphatic rings. The maximum Gasteiger partial charge on any atom is 0.412 e. The van der Waals surface area contributed by atoms with Crippen LogP contribution >= 0.6 is 15.9 Å². The number of hydrogen-bond donors (Lipinski definition) is 1. The van der Waals surface area contributed by atoms with E-state index in [-0.39, 0.29) is 12.1 Å². The van der Waals surface area contributed by atoms with Crippen molar-refractivity contribution < 1.29 is 9.53 Å². The first kappa shape index (κ1) is 12.4. The Hall–Kier alpha value is -1.03. The minimum atomic E-state index is -0.358. The van der Waals surface area contributed by atoms with Crippen LogP contribution in [0, 0.1) is 0 Å². The molecule has 0 saturated heterocycles. The average molecular weight is 298 g/mol. The van der Waals surface area contributed by atoms with Gasteiger partial charge in [0.1, 0.15) is 5.75 Å². The van der Waals surface area contributed by atoms with Crippen molar-refractivity contribution in [3.63, 3.8) is 0 Å². The van der Waals surface area contributed by atoms with Gasteiger partial charge in [0.05, 0.1) is 4.47 Å². The van der Waals surface area contributed by atoms with Crippen LogP contribution in [0.25, 0.3) is 0 Å². The van der Waals surface area contributed by atoms with Crippen LogP contribution < -0.4 is 10.1 Å². The molecule has 0 atom stereocenters. The molecular weight excluding hydrogens is 282 g/mol. The fourth-order valence-corrected chi connectivity index (χ4v) is 2.44. The van der Waals surface area contributed by atoms with E-state index in [2.05, 4.69) is 21.2 Å². The highest BCUT2D eigenvalue weighted by Gasteiger charge is 2.17. The van der Waals surface area contributed by atoms with Crippen molar-refractivity contribution in [2.24, 2.45) is 0 Å². The summed E-state index contributed by atoms with van der Waals surface area (Å²) in [6.45, 7) is 0. The van der Waals surface area contributed by atoms with Crippen LogP contribution in [0.5, 0.6) is 5.75 Å². The van der Waals surface area contributed by atoms with Gasteiger partial charge in [0.15, 0.2) is 0 Å². The summed E-state index contributed by atoms with van der Waals surface area (Å²) in [5.41, 5.74) is 0. The summed E-state index contributed by atoms with van der Waals surface area (Å²) < 4.78 is 6.04. The van der Waals surface area contributed by atoms with E-state index in [0.717, 1.165) is 17.3 Å². The van der Waals surface area contributed by atoms with Crippen LogP contribution in [0.2, 0.25) is 0 Å². The number of amides is 1. The molecule has 0 spiro atoms. The number of benzene rings is 1. The fraction of sp³-hybridized carbons (Fsp3) is 0.462. The first-order chi connectivity index (χ1) is 8.25. The van der Waals surface area contributed by atoms with Gasteiger partial charge in [-0.25, -0.2) is 4.79 Å². The van der Waals surface area contributed by atoms with Crippen LogP contribution in [0.1, 0.15) is 32.1 Å². The molecule has 0 bridgehead atoms. The van der Waals surface area contributed by atoms with E-state index >= 15 is 0 Å². The second kappa shape index (κ2) is 6.05. The lowest BCUT2D eigenvalue weighted by atomic mass is 9.96. The Morgan fingerprint density at radius 2 is 1.94 bits per heavy atom. The Kier molecular flexibility index (Phi) is 4.42. The predicted octanol–water partition coefficient (Wildman–Crippen LogP) is 3.87. The quantitative estimate of drug-likeness (QED) is 0.900. The molecule has 3 nitrogen and oxygen atoms in total. The summed E-state index contributed by atoms with van der Waals surface area (Å²) in [6, 6.07) is 7.62. The van der Waals surface area contributed by atoms with Crippen LogP contribution in [0.4, 0.5) is 4.79 Å². The van der Waals surface area contributed by atoms with Gasteiger partial charge in [-0.3, -0.25) is 0 Å². The minimum Gasteiger partial charge on any atom is -0.409 e. The zero-order chi connectivity index (χ0) is 12.1. The molecule has 1 N–H and O–H groups in total. The van der Waals surface area contributed by atoms with Crippen LogP contribution in [0.15, 0.2) is 28.7 Å². The molecule has 1 saturated carbocycles. The molecular formula is C13H16BrNO2. The lowest BCUT2D eigenvalue weighted by Gasteiger charge is -2.22. The van der Waals surface area contributed by atoms with E-state index in [1.807, 2.05) is 18.2 Å². The summed E-state index contributed by atoms with van der Waals surface area (Å²) in [5, 5.41) is 2.91. The van der Waals surface area contributed by atoms with Gasteiger partial charge in [0, 0.05) is 6.04 Å². The number of hydrogen-bond acceptors (Lipinski definition) is 2. The lowest BCUT2D eigenvalue weighted by molar-refractivity contribution is 0.191. The molecule has 17 heavy (non-hydrogen) atoms. The second-order valence-electron chi connectivity index (χ2n) is 4.30. The maximum absolute atomic E-state index is 11.7. The van der Waals surface area contributed by atoms with Gasteiger partial charge >= 0.3 is 6.09 Å². The standard InChI is InChI=1S/C13H16BrNO2/c14-11-8-4-5-9-12(11)17-13(16)15-10-6-2-1-3-7-10/h4-5,8-10H,1-3,6-7H2,(H,15,16). The number of nitrogens with one attached hydrogen (secondary N) is 1. The van der Waals surface area contributed by atoms with Gasteiger partial charge < -0.3 is 10.1 Å². The largest absolute Gasteiger partial charge is 0.412 e. The number of para-hydroxylation sites is 1. The summed E-state index contributed by atoms with van der Waals surface area (Å²) in [4.78, 5) is 11.7. The van der Waals surface area contributed by atoms with Gasteiger partial charge in [-0.2, -0.15) is 0 Å². The highest BCUT2D eigenvalue weighted by atomic mass is 79.9. The molecule has 0 unspecified atom stereocenters. The molecule has 1 amide bonds. The Morgan fingerprint density at radius 1 is 1.24 bits per heavy atom. The third kappa shape index (κ3) is 3.73. The van der Waals surface area contributed by atoms with E-state index in [0.29, 0.717) is 5.75 Å². The molecule has 2 rings (SSSR count). The van der Waals surface area contributed by atoms with Gasteiger partial charge in [-0.1, -0.05) is 31.4 Å². The zero-order valence-corrected chi connectivity index (χ0v) is 11.2. The lowest BCUT2D eigenvalue weighted by Crippen LogP contribution is -2.38. The molecule has 1 aromatic rings. The van der Waals surface area contributed by atoms with Crippen LogP contribution in [-0.4, -0.2) is 12.1 Å².